The van der Waals surface area contributed by atoms with Crippen molar-refractivity contribution in [1.29, 1.82) is 0 Å². The number of rotatable bonds is 8. The van der Waals surface area contributed by atoms with Crippen LogP contribution in [0, 0.1) is 6.92 Å². The zero-order valence-corrected chi connectivity index (χ0v) is 21.0. The molecule has 0 aliphatic rings. The van der Waals surface area contributed by atoms with Crippen LogP contribution in [0.5, 0.6) is 0 Å². The highest BCUT2D eigenvalue weighted by atomic mass is 79.9. The van der Waals surface area contributed by atoms with Gasteiger partial charge < -0.3 is 15.2 Å². The van der Waals surface area contributed by atoms with Crippen molar-refractivity contribution in [3.63, 3.8) is 0 Å². The lowest BCUT2D eigenvalue weighted by atomic mass is 10.1. The van der Waals surface area contributed by atoms with Gasteiger partial charge in [0.2, 0.25) is 10.0 Å². The van der Waals surface area contributed by atoms with Gasteiger partial charge >= 0.3 is 0 Å². The van der Waals surface area contributed by atoms with Crippen molar-refractivity contribution in [2.75, 3.05) is 14.1 Å². The Hall–Kier alpha value is -2.96. The van der Waals surface area contributed by atoms with E-state index in [-0.39, 0.29) is 23.0 Å². The predicted octanol–water partition coefficient (Wildman–Crippen LogP) is 1.93. The molecular weight excluding hydrogens is 512 g/mol. The number of sulfonamides is 1. The number of H-pyrrole nitrogens is 1. The van der Waals surface area contributed by atoms with Crippen molar-refractivity contribution >= 4 is 37.8 Å². The van der Waals surface area contributed by atoms with E-state index in [2.05, 4.69) is 36.1 Å². The number of amides is 2. The number of carbonyl (C=O) groups is 2. The molecule has 3 N–H and O–H groups in total. The minimum Gasteiger partial charge on any atom is -0.356 e. The van der Waals surface area contributed by atoms with Crippen molar-refractivity contribution in [1.82, 2.24) is 29.7 Å². The van der Waals surface area contributed by atoms with E-state index < -0.39 is 15.9 Å². The summed E-state index contributed by atoms with van der Waals surface area (Å²) < 4.78 is 28.2. The largest absolute Gasteiger partial charge is 0.356 e. The van der Waals surface area contributed by atoms with Gasteiger partial charge in [-0.15, -0.1) is 0 Å². The van der Waals surface area contributed by atoms with E-state index in [4.69, 9.17) is 0 Å². The Morgan fingerprint density at radius 3 is 2.52 bits per heavy atom. The van der Waals surface area contributed by atoms with Crippen molar-refractivity contribution < 1.29 is 18.0 Å². The molecule has 33 heavy (non-hydrogen) atoms. The number of nitrogens with zero attached hydrogens (tertiary/aromatic N) is 3. The Morgan fingerprint density at radius 2 is 1.91 bits per heavy atom. The molecule has 0 radical (unpaired) electrons. The highest BCUT2D eigenvalue weighted by Crippen LogP contribution is 2.22. The van der Waals surface area contributed by atoms with Crippen LogP contribution in [0.1, 0.15) is 37.8 Å². The Bertz CT molecular complexity index is 1300. The minimum absolute atomic E-state index is 0.0217. The predicted molar refractivity (Wildman–Crippen MR) is 126 cm³/mol. The normalized spacial score (nSPS) is 11.4. The molecule has 10 nitrogen and oxygen atoms in total. The highest BCUT2D eigenvalue weighted by molar-refractivity contribution is 9.10. The van der Waals surface area contributed by atoms with Gasteiger partial charge in [-0.25, -0.2) is 13.1 Å². The number of halogens is 1. The molecule has 0 fully saturated rings. The summed E-state index contributed by atoms with van der Waals surface area (Å²) in [5, 5.41) is 7.06. The van der Waals surface area contributed by atoms with E-state index in [1.165, 1.54) is 19.3 Å². The third kappa shape index (κ3) is 5.34. The van der Waals surface area contributed by atoms with E-state index >= 15 is 0 Å². The first-order valence-electron chi connectivity index (χ1n) is 9.96. The number of nitrogens with one attached hydrogen (secondary N) is 3. The van der Waals surface area contributed by atoms with E-state index in [9.17, 15) is 18.0 Å². The molecule has 2 heterocycles. The monoisotopic (exact) mass is 536 g/mol. The van der Waals surface area contributed by atoms with Crippen LogP contribution >= 0.6 is 15.9 Å². The zero-order valence-electron chi connectivity index (χ0n) is 18.6. The third-order valence-electron chi connectivity index (χ3n) is 5.26. The fraction of sp³-hybridized carbons (Fsp3) is 0.286. The third-order valence-corrected chi connectivity index (χ3v) is 7.60. The molecule has 12 heteroatoms. The summed E-state index contributed by atoms with van der Waals surface area (Å²) in [4.78, 5) is 29.6. The van der Waals surface area contributed by atoms with Crippen LogP contribution in [-0.4, -0.2) is 54.0 Å². The van der Waals surface area contributed by atoms with Crippen LogP contribution in [0.4, 0.5) is 0 Å². The van der Waals surface area contributed by atoms with Gasteiger partial charge in [-0.2, -0.15) is 5.10 Å². The first-order valence-corrected chi connectivity index (χ1v) is 12.2. The van der Waals surface area contributed by atoms with E-state index in [1.54, 1.807) is 23.7 Å². The number of benzene rings is 1. The van der Waals surface area contributed by atoms with Crippen molar-refractivity contribution in [2.45, 2.75) is 24.9 Å². The topological polar surface area (TPSA) is 129 Å². The average Bonchev–Trinajstić information content (AvgIpc) is 3.40. The second kappa shape index (κ2) is 9.89. The second-order valence-corrected chi connectivity index (χ2v) is 10.1. The fourth-order valence-corrected chi connectivity index (χ4v) is 4.39. The van der Waals surface area contributed by atoms with Crippen molar-refractivity contribution in [3.8, 4) is 0 Å². The second-order valence-electron chi connectivity index (χ2n) is 7.44. The molecule has 0 saturated carbocycles. The molecule has 3 rings (SSSR count). The van der Waals surface area contributed by atoms with Gasteiger partial charge in [-0.1, -0.05) is 24.3 Å². The van der Waals surface area contributed by atoms with Gasteiger partial charge in [0.05, 0.1) is 10.2 Å². The Labute approximate surface area is 200 Å². The maximum atomic E-state index is 12.9. The van der Waals surface area contributed by atoms with Crippen molar-refractivity contribution in [2.24, 2.45) is 7.05 Å². The molecule has 0 unspecified atom stereocenters. The molecule has 0 atom stereocenters. The smallest absolute Gasteiger partial charge is 0.275 e. The standard InChI is InChI=1S/C21H25BrN6O4S/c1-13-18(22)19(26-28(13)4)21(30)27(3)12-15-8-6-5-7-14(15)10-25-20(29)17-9-16(11-24-17)33(31,32)23-2/h5-9,11,23-24H,10,12H2,1-4H3,(H,25,29). The summed E-state index contributed by atoms with van der Waals surface area (Å²) in [6, 6.07) is 8.72. The van der Waals surface area contributed by atoms with Crippen LogP contribution in [0.2, 0.25) is 0 Å². The van der Waals surface area contributed by atoms with E-state index in [1.807, 2.05) is 31.2 Å². The number of hydrogen-bond donors (Lipinski definition) is 3. The molecule has 0 bridgehead atoms. The van der Waals surface area contributed by atoms with Crippen LogP contribution in [0.3, 0.4) is 0 Å². The van der Waals surface area contributed by atoms with Gasteiger partial charge in [-0.05, 0) is 47.1 Å². The molecule has 176 valence electrons. The molecule has 2 aromatic heterocycles. The Balaban J connectivity index is 1.70. The van der Waals surface area contributed by atoms with Crippen LogP contribution in [-0.2, 0) is 30.2 Å². The summed E-state index contributed by atoms with van der Waals surface area (Å²) in [6.07, 6.45) is 1.26. The van der Waals surface area contributed by atoms with Crippen LogP contribution < -0.4 is 10.0 Å². The first kappa shape index (κ1) is 24.7. The lowest BCUT2D eigenvalue weighted by molar-refractivity contribution is 0.0776. The first-order chi connectivity index (χ1) is 15.5. The molecule has 2 amide bonds. The summed E-state index contributed by atoms with van der Waals surface area (Å²) in [5.41, 5.74) is 3.01. The summed E-state index contributed by atoms with van der Waals surface area (Å²) in [7, 11) is 1.12. The number of aromatic amines is 1. The van der Waals surface area contributed by atoms with Gasteiger partial charge in [0, 0.05) is 33.4 Å². The molecule has 0 saturated heterocycles. The average molecular weight is 537 g/mol. The Kier molecular flexibility index (Phi) is 7.40. The van der Waals surface area contributed by atoms with Crippen LogP contribution in [0.15, 0.2) is 45.9 Å². The Morgan fingerprint density at radius 1 is 1.24 bits per heavy atom. The minimum atomic E-state index is -3.64. The molecule has 0 aliphatic heterocycles. The van der Waals surface area contributed by atoms with Crippen molar-refractivity contribution in [3.05, 3.63) is 69.2 Å². The molecule has 0 aliphatic carbocycles. The van der Waals surface area contributed by atoms with Gasteiger partial charge in [-0.3, -0.25) is 14.3 Å². The number of hydrogen-bond acceptors (Lipinski definition) is 5. The number of aromatic nitrogens is 3. The summed E-state index contributed by atoms with van der Waals surface area (Å²) >= 11 is 3.43. The number of aryl methyl sites for hydroxylation is 1. The maximum Gasteiger partial charge on any atom is 0.275 e. The SMILES string of the molecule is CNS(=O)(=O)c1c[nH]c(C(=O)NCc2ccccc2CN(C)C(=O)c2nn(C)c(C)c2Br)c1. The summed E-state index contributed by atoms with van der Waals surface area (Å²) in [5.74, 6) is -0.672. The fourth-order valence-electron chi connectivity index (χ4n) is 3.16. The lowest BCUT2D eigenvalue weighted by Gasteiger charge is -2.19. The molecule has 3 aromatic rings. The zero-order chi connectivity index (χ0) is 24.3. The van der Waals surface area contributed by atoms with Crippen LogP contribution in [0.25, 0.3) is 0 Å². The number of carbonyl (C=O) groups excluding carboxylic acids is 2. The lowest BCUT2D eigenvalue weighted by Crippen LogP contribution is -2.28. The van der Waals surface area contributed by atoms with Gasteiger partial charge in [0.1, 0.15) is 10.6 Å². The highest BCUT2D eigenvalue weighted by Gasteiger charge is 2.22. The molecular formula is C21H25BrN6O4S. The molecule has 1 aromatic carbocycles. The van der Waals surface area contributed by atoms with Gasteiger partial charge in [0.25, 0.3) is 11.8 Å². The maximum absolute atomic E-state index is 12.9. The van der Waals surface area contributed by atoms with Gasteiger partial charge in [0.15, 0.2) is 5.69 Å². The van der Waals surface area contributed by atoms with E-state index in [0.717, 1.165) is 16.8 Å². The molecule has 0 spiro atoms. The summed E-state index contributed by atoms with van der Waals surface area (Å²) in [6.45, 7) is 2.39. The van der Waals surface area contributed by atoms with E-state index in [0.29, 0.717) is 16.7 Å². The quantitative estimate of drug-likeness (QED) is 0.405.